The Bertz CT molecular complexity index is 895. The van der Waals surface area contributed by atoms with Crippen LogP contribution in [0.25, 0.3) is 32.7 Å². The summed E-state index contributed by atoms with van der Waals surface area (Å²) in [6.45, 7) is 0. The Balaban J connectivity index is 2.33. The Morgan fingerprint density at radius 1 is 0.944 bits per heavy atom. The summed E-state index contributed by atoms with van der Waals surface area (Å²) >= 11 is 5.89. The molecule has 0 unspecified atom stereocenters. The Labute approximate surface area is 108 Å². The van der Waals surface area contributed by atoms with Gasteiger partial charge in [0.1, 0.15) is 16.3 Å². The van der Waals surface area contributed by atoms with Crippen molar-refractivity contribution in [3.05, 3.63) is 53.8 Å². The van der Waals surface area contributed by atoms with Crippen molar-refractivity contribution in [3.63, 3.8) is 0 Å². The molecule has 0 bridgehead atoms. The summed E-state index contributed by atoms with van der Waals surface area (Å²) in [7, 11) is 0. The van der Waals surface area contributed by atoms with Gasteiger partial charge in [-0.25, -0.2) is 4.98 Å². The minimum Gasteiger partial charge on any atom is -0.456 e. The SMILES string of the molecule is Clc1cc2oc3ccc4ccccc4c3c2cn1. The number of rotatable bonds is 0. The molecule has 0 aliphatic carbocycles. The Morgan fingerprint density at radius 3 is 2.78 bits per heavy atom. The van der Waals surface area contributed by atoms with Gasteiger partial charge in [-0.1, -0.05) is 41.9 Å². The number of benzene rings is 2. The molecule has 0 aliphatic rings. The molecule has 0 N–H and O–H groups in total. The van der Waals surface area contributed by atoms with E-state index in [0.29, 0.717) is 5.15 Å². The van der Waals surface area contributed by atoms with Gasteiger partial charge < -0.3 is 4.42 Å². The third-order valence-electron chi connectivity index (χ3n) is 3.21. The summed E-state index contributed by atoms with van der Waals surface area (Å²) in [5.74, 6) is 0. The highest BCUT2D eigenvalue weighted by Gasteiger charge is 2.10. The summed E-state index contributed by atoms with van der Waals surface area (Å²) in [6.07, 6.45) is 1.77. The van der Waals surface area contributed by atoms with Crippen LogP contribution in [0.2, 0.25) is 5.15 Å². The van der Waals surface area contributed by atoms with Crippen molar-refractivity contribution in [2.75, 3.05) is 0 Å². The standard InChI is InChI=1S/C15H8ClNO/c16-14-7-13-11(8-17-14)15-10-4-2-1-3-9(10)5-6-12(15)18-13/h1-8H. The van der Waals surface area contributed by atoms with E-state index in [9.17, 15) is 0 Å². The van der Waals surface area contributed by atoms with Gasteiger partial charge in [-0.2, -0.15) is 0 Å². The van der Waals surface area contributed by atoms with Crippen LogP contribution >= 0.6 is 11.6 Å². The van der Waals surface area contributed by atoms with Crippen molar-refractivity contribution in [1.29, 1.82) is 0 Å². The summed E-state index contributed by atoms with van der Waals surface area (Å²) < 4.78 is 5.82. The molecule has 0 aliphatic heterocycles. The van der Waals surface area contributed by atoms with E-state index in [1.54, 1.807) is 12.3 Å². The van der Waals surface area contributed by atoms with E-state index in [-0.39, 0.29) is 0 Å². The largest absolute Gasteiger partial charge is 0.456 e. The molecule has 2 nitrogen and oxygen atoms in total. The molecule has 3 heteroatoms. The average Bonchev–Trinajstić information content (AvgIpc) is 2.76. The first-order valence-corrected chi connectivity index (χ1v) is 6.06. The molecule has 2 heterocycles. The van der Waals surface area contributed by atoms with E-state index >= 15 is 0 Å². The number of aromatic nitrogens is 1. The fraction of sp³-hybridized carbons (Fsp3) is 0. The van der Waals surface area contributed by atoms with Crippen molar-refractivity contribution in [3.8, 4) is 0 Å². The molecule has 0 atom stereocenters. The molecule has 86 valence electrons. The molecule has 4 rings (SSSR count). The minimum atomic E-state index is 0.450. The molecule has 0 spiro atoms. The summed E-state index contributed by atoms with van der Waals surface area (Å²) in [5, 5.41) is 4.94. The molecule has 0 saturated carbocycles. The van der Waals surface area contributed by atoms with Crippen LogP contribution in [0.1, 0.15) is 0 Å². The number of halogens is 1. The molecular weight excluding hydrogens is 246 g/mol. The lowest BCUT2D eigenvalue weighted by Crippen LogP contribution is -1.75. The van der Waals surface area contributed by atoms with Gasteiger partial charge in [0.05, 0.1) is 0 Å². The highest BCUT2D eigenvalue weighted by molar-refractivity contribution is 6.30. The van der Waals surface area contributed by atoms with Gasteiger partial charge in [0.25, 0.3) is 0 Å². The zero-order chi connectivity index (χ0) is 12.1. The van der Waals surface area contributed by atoms with E-state index in [2.05, 4.69) is 23.2 Å². The van der Waals surface area contributed by atoms with Crippen LogP contribution in [0.3, 0.4) is 0 Å². The minimum absolute atomic E-state index is 0.450. The first kappa shape index (κ1) is 9.92. The molecule has 0 fully saturated rings. The maximum absolute atomic E-state index is 5.89. The van der Waals surface area contributed by atoms with E-state index in [1.165, 1.54) is 10.8 Å². The summed E-state index contributed by atoms with van der Waals surface area (Å²) in [5.41, 5.74) is 1.65. The molecule has 2 aromatic heterocycles. The van der Waals surface area contributed by atoms with Crippen LogP contribution in [0.4, 0.5) is 0 Å². The number of hydrogen-bond donors (Lipinski definition) is 0. The van der Waals surface area contributed by atoms with E-state index in [1.807, 2.05) is 18.2 Å². The van der Waals surface area contributed by atoms with Crippen molar-refractivity contribution < 1.29 is 4.42 Å². The normalized spacial score (nSPS) is 11.6. The quantitative estimate of drug-likeness (QED) is 0.421. The number of hydrogen-bond acceptors (Lipinski definition) is 2. The van der Waals surface area contributed by atoms with Crippen molar-refractivity contribution >= 4 is 44.3 Å². The third kappa shape index (κ3) is 1.27. The molecule has 0 amide bonds. The fourth-order valence-electron chi connectivity index (χ4n) is 2.42. The van der Waals surface area contributed by atoms with Crippen molar-refractivity contribution in [2.24, 2.45) is 0 Å². The monoisotopic (exact) mass is 253 g/mol. The van der Waals surface area contributed by atoms with Gasteiger partial charge in [-0.3, -0.25) is 0 Å². The van der Waals surface area contributed by atoms with Gasteiger partial charge in [-0.15, -0.1) is 0 Å². The lowest BCUT2D eigenvalue weighted by molar-refractivity contribution is 0.669. The smallest absolute Gasteiger partial charge is 0.140 e. The predicted octanol–water partition coefficient (Wildman–Crippen LogP) is 4.79. The van der Waals surface area contributed by atoms with Crippen LogP contribution in [0.5, 0.6) is 0 Å². The van der Waals surface area contributed by atoms with E-state index in [4.69, 9.17) is 16.0 Å². The molecule has 0 saturated heterocycles. The van der Waals surface area contributed by atoms with Crippen LogP contribution in [0, 0.1) is 0 Å². The predicted molar refractivity (Wildman–Crippen MR) is 74.0 cm³/mol. The van der Waals surface area contributed by atoms with Crippen LogP contribution < -0.4 is 0 Å². The molecule has 4 aromatic rings. The Kier molecular flexibility index (Phi) is 1.91. The first-order chi connectivity index (χ1) is 8.83. The topological polar surface area (TPSA) is 26.0 Å². The van der Waals surface area contributed by atoms with Crippen LogP contribution in [-0.4, -0.2) is 4.98 Å². The van der Waals surface area contributed by atoms with Crippen LogP contribution in [-0.2, 0) is 0 Å². The maximum Gasteiger partial charge on any atom is 0.140 e. The summed E-state index contributed by atoms with van der Waals surface area (Å²) in [6, 6.07) is 14.1. The zero-order valence-electron chi connectivity index (χ0n) is 9.35. The lowest BCUT2D eigenvalue weighted by Gasteiger charge is -1.98. The fourth-order valence-corrected chi connectivity index (χ4v) is 2.57. The van der Waals surface area contributed by atoms with Gasteiger partial charge in [0, 0.05) is 23.0 Å². The van der Waals surface area contributed by atoms with Gasteiger partial charge in [-0.05, 0) is 16.8 Å². The van der Waals surface area contributed by atoms with E-state index < -0.39 is 0 Å². The van der Waals surface area contributed by atoms with Crippen LogP contribution in [0.15, 0.2) is 53.1 Å². The van der Waals surface area contributed by atoms with Gasteiger partial charge >= 0.3 is 0 Å². The average molecular weight is 254 g/mol. The Hall–Kier alpha value is -2.06. The first-order valence-electron chi connectivity index (χ1n) is 5.68. The maximum atomic E-state index is 5.89. The molecular formula is C15H8ClNO. The highest BCUT2D eigenvalue weighted by atomic mass is 35.5. The summed E-state index contributed by atoms with van der Waals surface area (Å²) in [4.78, 5) is 4.14. The van der Waals surface area contributed by atoms with Gasteiger partial charge in [0.15, 0.2) is 0 Å². The number of furan rings is 1. The Morgan fingerprint density at radius 2 is 1.83 bits per heavy atom. The third-order valence-corrected chi connectivity index (χ3v) is 3.42. The second-order valence-electron chi connectivity index (χ2n) is 4.27. The highest BCUT2D eigenvalue weighted by Crippen LogP contribution is 2.34. The van der Waals surface area contributed by atoms with Gasteiger partial charge in [0.2, 0.25) is 0 Å². The molecule has 18 heavy (non-hydrogen) atoms. The second-order valence-corrected chi connectivity index (χ2v) is 4.65. The zero-order valence-corrected chi connectivity index (χ0v) is 10.1. The number of fused-ring (bicyclic) bond motifs is 5. The van der Waals surface area contributed by atoms with Crippen molar-refractivity contribution in [1.82, 2.24) is 4.98 Å². The van der Waals surface area contributed by atoms with Crippen molar-refractivity contribution in [2.45, 2.75) is 0 Å². The lowest BCUT2D eigenvalue weighted by atomic mass is 10.1. The number of pyridine rings is 1. The van der Waals surface area contributed by atoms with E-state index in [0.717, 1.165) is 21.9 Å². The number of nitrogens with zero attached hydrogens (tertiary/aromatic N) is 1. The molecule has 2 aromatic carbocycles. The molecule has 0 radical (unpaired) electrons. The second kappa shape index (κ2) is 3.47.